The third kappa shape index (κ3) is 2.23. The zero-order chi connectivity index (χ0) is 16.7. The molecule has 0 atom stereocenters. The van der Waals surface area contributed by atoms with Crippen molar-refractivity contribution in [3.05, 3.63) is 77.0 Å². The van der Waals surface area contributed by atoms with Crippen LogP contribution in [0.15, 0.2) is 66.9 Å². The molecule has 0 saturated heterocycles. The predicted molar refractivity (Wildman–Crippen MR) is 95.8 cm³/mol. The molecule has 2 N–H and O–H groups in total. The third-order valence-electron chi connectivity index (χ3n) is 4.13. The third-order valence-corrected chi connectivity index (χ3v) is 4.13. The summed E-state index contributed by atoms with van der Waals surface area (Å²) in [4.78, 5) is 15.1. The highest BCUT2D eigenvalue weighted by atomic mass is 16.6. The van der Waals surface area contributed by atoms with Crippen molar-refractivity contribution < 1.29 is 4.92 Å². The minimum absolute atomic E-state index is 0.0756. The van der Waals surface area contributed by atoms with Crippen molar-refractivity contribution in [1.82, 2.24) is 4.98 Å². The van der Waals surface area contributed by atoms with Gasteiger partial charge in [-0.25, -0.2) is 0 Å². The Morgan fingerprint density at radius 3 is 2.58 bits per heavy atom. The van der Waals surface area contributed by atoms with Gasteiger partial charge in [0.25, 0.3) is 5.69 Å². The van der Waals surface area contributed by atoms with Gasteiger partial charge in [0.15, 0.2) is 0 Å². The van der Waals surface area contributed by atoms with Crippen LogP contribution in [0.2, 0.25) is 0 Å². The molecule has 1 aromatic heterocycles. The van der Waals surface area contributed by atoms with E-state index in [0.29, 0.717) is 5.69 Å². The second kappa shape index (κ2) is 5.31. The molecule has 24 heavy (non-hydrogen) atoms. The average molecular weight is 315 g/mol. The Balaban J connectivity index is 2.00. The number of fused-ring (bicyclic) bond motifs is 3. The summed E-state index contributed by atoms with van der Waals surface area (Å²) in [7, 11) is 0. The summed E-state index contributed by atoms with van der Waals surface area (Å²) < 4.78 is 0. The molecule has 0 radical (unpaired) electrons. The molecule has 0 aliphatic rings. The van der Waals surface area contributed by atoms with Crippen LogP contribution >= 0.6 is 0 Å². The van der Waals surface area contributed by atoms with Crippen LogP contribution in [-0.4, -0.2) is 9.91 Å². The van der Waals surface area contributed by atoms with Crippen LogP contribution in [0.25, 0.3) is 32.8 Å². The summed E-state index contributed by atoms with van der Waals surface area (Å²) in [5.41, 5.74) is 9.42. The maximum Gasteiger partial charge on any atom is 0.270 e. The number of nitro groups is 1. The van der Waals surface area contributed by atoms with Crippen LogP contribution in [-0.2, 0) is 0 Å². The van der Waals surface area contributed by atoms with E-state index in [9.17, 15) is 10.1 Å². The molecule has 5 heteroatoms. The number of nitrogens with zero attached hydrogens (tertiary/aromatic N) is 2. The van der Waals surface area contributed by atoms with Crippen LogP contribution < -0.4 is 5.73 Å². The molecular formula is C19H13N3O2. The highest BCUT2D eigenvalue weighted by molar-refractivity contribution is 6.12. The van der Waals surface area contributed by atoms with Crippen LogP contribution in [0.4, 0.5) is 11.4 Å². The maximum absolute atomic E-state index is 11.0. The van der Waals surface area contributed by atoms with Crippen LogP contribution in [0, 0.1) is 10.1 Å². The summed E-state index contributed by atoms with van der Waals surface area (Å²) in [6.07, 6.45) is 1.81. The number of rotatable bonds is 2. The molecule has 0 amide bonds. The Morgan fingerprint density at radius 1 is 0.958 bits per heavy atom. The number of hydrogen-bond acceptors (Lipinski definition) is 4. The first-order chi connectivity index (χ1) is 11.6. The molecule has 0 aliphatic heterocycles. The maximum atomic E-state index is 11.0. The van der Waals surface area contributed by atoms with Crippen molar-refractivity contribution in [3.8, 4) is 11.1 Å². The summed E-state index contributed by atoms with van der Waals surface area (Å²) in [6.45, 7) is 0. The minimum Gasteiger partial charge on any atom is -0.398 e. The highest BCUT2D eigenvalue weighted by Crippen LogP contribution is 2.32. The molecule has 116 valence electrons. The fraction of sp³-hybridized carbons (Fsp3) is 0. The smallest absolute Gasteiger partial charge is 0.270 e. The zero-order valence-electron chi connectivity index (χ0n) is 12.6. The molecule has 0 fully saturated rings. The van der Waals surface area contributed by atoms with E-state index in [1.165, 1.54) is 6.07 Å². The molecule has 0 aliphatic carbocycles. The Bertz CT molecular complexity index is 1110. The fourth-order valence-electron chi connectivity index (χ4n) is 2.96. The predicted octanol–water partition coefficient (Wildman–Crippen LogP) is 4.55. The van der Waals surface area contributed by atoms with Gasteiger partial charge in [0.2, 0.25) is 0 Å². The number of non-ortho nitro benzene ring substituents is 1. The van der Waals surface area contributed by atoms with E-state index in [1.807, 2.05) is 48.7 Å². The van der Waals surface area contributed by atoms with Crippen molar-refractivity contribution in [2.75, 3.05) is 5.73 Å². The quantitative estimate of drug-likeness (QED) is 0.255. The lowest BCUT2D eigenvalue weighted by Crippen LogP contribution is -1.91. The van der Waals surface area contributed by atoms with E-state index in [2.05, 4.69) is 4.98 Å². The van der Waals surface area contributed by atoms with Gasteiger partial charge in [0, 0.05) is 34.8 Å². The summed E-state index contributed by atoms with van der Waals surface area (Å²) in [6, 6.07) is 18.2. The van der Waals surface area contributed by atoms with E-state index >= 15 is 0 Å². The summed E-state index contributed by atoms with van der Waals surface area (Å²) in [5.74, 6) is 0. The van der Waals surface area contributed by atoms with Gasteiger partial charge in [-0.3, -0.25) is 15.1 Å². The fourth-order valence-corrected chi connectivity index (χ4v) is 2.96. The number of hydrogen-bond donors (Lipinski definition) is 1. The summed E-state index contributed by atoms with van der Waals surface area (Å²) in [5, 5.41) is 13.9. The lowest BCUT2D eigenvalue weighted by atomic mass is 9.99. The largest absolute Gasteiger partial charge is 0.398 e. The Kier molecular flexibility index (Phi) is 3.13. The minimum atomic E-state index is -0.387. The standard InChI is InChI=1S/C19H13N3O2/c20-17-5-2-6-18-19(17)16-10-13(7-8-14(16)11-21-18)12-3-1-4-15(9-12)22(23)24/h1-11H,20H2. The molecule has 0 bridgehead atoms. The second-order valence-corrected chi connectivity index (χ2v) is 5.61. The number of pyridine rings is 1. The monoisotopic (exact) mass is 315 g/mol. The van der Waals surface area contributed by atoms with Gasteiger partial charge in [-0.2, -0.15) is 0 Å². The lowest BCUT2D eigenvalue weighted by molar-refractivity contribution is -0.384. The van der Waals surface area contributed by atoms with E-state index in [4.69, 9.17) is 5.73 Å². The first-order valence-corrected chi connectivity index (χ1v) is 7.45. The van der Waals surface area contributed by atoms with E-state index < -0.39 is 0 Å². The average Bonchev–Trinajstić information content (AvgIpc) is 2.61. The van der Waals surface area contributed by atoms with Gasteiger partial charge in [-0.15, -0.1) is 0 Å². The highest BCUT2D eigenvalue weighted by Gasteiger charge is 2.10. The van der Waals surface area contributed by atoms with Crippen molar-refractivity contribution in [2.45, 2.75) is 0 Å². The van der Waals surface area contributed by atoms with Gasteiger partial charge >= 0.3 is 0 Å². The number of anilines is 1. The van der Waals surface area contributed by atoms with Crippen molar-refractivity contribution in [1.29, 1.82) is 0 Å². The number of benzene rings is 3. The normalized spacial score (nSPS) is 11.0. The topological polar surface area (TPSA) is 82.0 Å². The van der Waals surface area contributed by atoms with Gasteiger partial charge in [-0.05, 0) is 34.7 Å². The Labute approximate surface area is 137 Å². The molecule has 1 heterocycles. The molecule has 4 rings (SSSR count). The van der Waals surface area contributed by atoms with Crippen LogP contribution in [0.3, 0.4) is 0 Å². The molecule has 0 saturated carbocycles. The van der Waals surface area contributed by atoms with Gasteiger partial charge < -0.3 is 5.73 Å². The number of aromatic nitrogens is 1. The second-order valence-electron chi connectivity index (χ2n) is 5.61. The molecule has 5 nitrogen and oxygen atoms in total. The van der Waals surface area contributed by atoms with Crippen molar-refractivity contribution in [3.63, 3.8) is 0 Å². The summed E-state index contributed by atoms with van der Waals surface area (Å²) >= 11 is 0. The van der Waals surface area contributed by atoms with Gasteiger partial charge in [0.05, 0.1) is 10.4 Å². The lowest BCUT2D eigenvalue weighted by Gasteiger charge is -2.08. The van der Waals surface area contributed by atoms with Gasteiger partial charge in [0.1, 0.15) is 0 Å². The zero-order valence-corrected chi connectivity index (χ0v) is 12.6. The van der Waals surface area contributed by atoms with E-state index in [1.54, 1.807) is 12.1 Å². The SMILES string of the molecule is Nc1cccc2ncc3ccc(-c4cccc([N+](=O)[O-])c4)cc3c12. The van der Waals surface area contributed by atoms with Crippen LogP contribution in [0.5, 0.6) is 0 Å². The number of nitrogens with two attached hydrogens (primary N) is 1. The van der Waals surface area contributed by atoms with E-state index in [0.717, 1.165) is 32.8 Å². The Morgan fingerprint density at radius 2 is 1.75 bits per heavy atom. The van der Waals surface area contributed by atoms with Crippen LogP contribution in [0.1, 0.15) is 0 Å². The molecule has 0 spiro atoms. The first kappa shape index (κ1) is 14.1. The number of nitro benzene ring substituents is 1. The van der Waals surface area contributed by atoms with Gasteiger partial charge in [-0.1, -0.05) is 30.3 Å². The number of nitrogen functional groups attached to an aromatic ring is 1. The molecule has 0 unspecified atom stereocenters. The van der Waals surface area contributed by atoms with E-state index in [-0.39, 0.29) is 10.6 Å². The van der Waals surface area contributed by atoms with Crippen molar-refractivity contribution in [2.24, 2.45) is 0 Å². The first-order valence-electron chi connectivity index (χ1n) is 7.45. The van der Waals surface area contributed by atoms with Crippen molar-refractivity contribution >= 4 is 33.1 Å². The molecule has 4 aromatic rings. The Hall–Kier alpha value is -3.47. The molecule has 3 aromatic carbocycles. The molecular weight excluding hydrogens is 302 g/mol.